The molecule has 0 saturated heterocycles. The van der Waals surface area contributed by atoms with Crippen LogP contribution in [0.15, 0.2) is 30.5 Å². The van der Waals surface area contributed by atoms with Gasteiger partial charge in [-0.1, -0.05) is 52.0 Å². The molecule has 0 radical (unpaired) electrons. The van der Waals surface area contributed by atoms with E-state index in [2.05, 4.69) is 61.9 Å². The molecular weight excluding hydrogens is 246 g/mol. The lowest BCUT2D eigenvalue weighted by Crippen LogP contribution is -2.33. The Morgan fingerprint density at radius 2 is 1.70 bits per heavy atom. The van der Waals surface area contributed by atoms with Crippen LogP contribution in [-0.2, 0) is 11.0 Å². The van der Waals surface area contributed by atoms with E-state index in [0.29, 0.717) is 0 Å². The van der Waals surface area contributed by atoms with Crippen LogP contribution in [-0.4, -0.2) is 9.97 Å². The lowest BCUT2D eigenvalue weighted by Gasteiger charge is -2.19. The van der Waals surface area contributed by atoms with Crippen molar-refractivity contribution in [1.82, 2.24) is 9.97 Å². The maximum Gasteiger partial charge on any atom is 0.126 e. The second kappa shape index (κ2) is 5.06. The lowest BCUT2D eigenvalue weighted by molar-refractivity contribution is 0.450. The van der Waals surface area contributed by atoms with Gasteiger partial charge in [0.2, 0.25) is 0 Å². The highest BCUT2D eigenvalue weighted by Gasteiger charge is 2.22. The summed E-state index contributed by atoms with van der Waals surface area (Å²) in [6, 6.07) is 8.63. The molecule has 1 aromatic heterocycles. The summed E-state index contributed by atoms with van der Waals surface area (Å²) in [6.45, 7) is 10.7. The van der Waals surface area contributed by atoms with Crippen LogP contribution in [0.5, 0.6) is 0 Å². The maximum atomic E-state index is 6.22. The average Bonchev–Trinajstić information content (AvgIpc) is 2.88. The van der Waals surface area contributed by atoms with Gasteiger partial charge in [-0.2, -0.15) is 0 Å². The Hall–Kier alpha value is -1.61. The molecular formula is C17H25N3. The lowest BCUT2D eigenvalue weighted by atomic mass is 9.86. The second-order valence-corrected chi connectivity index (χ2v) is 6.74. The molecule has 0 fully saturated rings. The van der Waals surface area contributed by atoms with E-state index in [1.54, 1.807) is 0 Å². The number of hydrogen-bond donors (Lipinski definition) is 2. The monoisotopic (exact) mass is 271 g/mol. The summed E-state index contributed by atoms with van der Waals surface area (Å²) >= 11 is 0. The summed E-state index contributed by atoms with van der Waals surface area (Å²) < 4.78 is 0. The smallest absolute Gasteiger partial charge is 0.126 e. The molecule has 1 unspecified atom stereocenters. The standard InChI is InChI=1S/C17H25N3/c1-6-17(5,18)15-19-11-14(20-15)12-7-9-13(10-8-12)16(2,3)4/h7-11H,6,18H2,1-5H3,(H,19,20). The second-order valence-electron chi connectivity index (χ2n) is 6.74. The fourth-order valence-corrected chi connectivity index (χ4v) is 2.08. The van der Waals surface area contributed by atoms with Crippen LogP contribution in [0.4, 0.5) is 0 Å². The van der Waals surface area contributed by atoms with Crippen LogP contribution < -0.4 is 5.73 Å². The Morgan fingerprint density at radius 1 is 1.10 bits per heavy atom. The quantitative estimate of drug-likeness (QED) is 0.887. The highest BCUT2D eigenvalue weighted by atomic mass is 15.0. The van der Waals surface area contributed by atoms with Crippen LogP contribution in [0, 0.1) is 0 Å². The third-order valence-electron chi connectivity index (χ3n) is 3.91. The summed E-state index contributed by atoms with van der Waals surface area (Å²) in [5.74, 6) is 0.842. The summed E-state index contributed by atoms with van der Waals surface area (Å²) in [4.78, 5) is 7.77. The minimum atomic E-state index is -0.399. The molecule has 1 heterocycles. The van der Waals surface area contributed by atoms with Crippen LogP contribution in [0.25, 0.3) is 11.3 Å². The van der Waals surface area contributed by atoms with Crippen molar-refractivity contribution in [2.45, 2.75) is 52.0 Å². The van der Waals surface area contributed by atoms with E-state index >= 15 is 0 Å². The Labute approximate surface area is 121 Å². The van der Waals surface area contributed by atoms with Crippen molar-refractivity contribution in [2.75, 3.05) is 0 Å². The van der Waals surface area contributed by atoms with E-state index in [1.807, 2.05) is 13.1 Å². The first-order valence-electron chi connectivity index (χ1n) is 7.19. The van der Waals surface area contributed by atoms with Crippen molar-refractivity contribution >= 4 is 0 Å². The molecule has 1 atom stereocenters. The molecule has 2 aromatic rings. The van der Waals surface area contributed by atoms with Gasteiger partial charge in [0.15, 0.2) is 0 Å². The number of rotatable bonds is 3. The van der Waals surface area contributed by atoms with Gasteiger partial charge in [0, 0.05) is 0 Å². The van der Waals surface area contributed by atoms with Crippen molar-refractivity contribution in [3.63, 3.8) is 0 Å². The topological polar surface area (TPSA) is 54.7 Å². The van der Waals surface area contributed by atoms with E-state index in [0.717, 1.165) is 23.5 Å². The predicted molar refractivity (Wildman–Crippen MR) is 84.6 cm³/mol. The van der Waals surface area contributed by atoms with Gasteiger partial charge in [-0.15, -0.1) is 0 Å². The Kier molecular flexibility index (Phi) is 3.74. The zero-order valence-corrected chi connectivity index (χ0v) is 13.1. The maximum absolute atomic E-state index is 6.22. The van der Waals surface area contributed by atoms with Crippen LogP contribution in [0.1, 0.15) is 52.4 Å². The van der Waals surface area contributed by atoms with Crippen LogP contribution in [0.2, 0.25) is 0 Å². The van der Waals surface area contributed by atoms with Crippen LogP contribution in [0.3, 0.4) is 0 Å². The average molecular weight is 271 g/mol. The number of imidazole rings is 1. The number of aromatic amines is 1. The largest absolute Gasteiger partial charge is 0.340 e. The van der Waals surface area contributed by atoms with Gasteiger partial charge < -0.3 is 10.7 Å². The highest BCUT2D eigenvalue weighted by Crippen LogP contribution is 2.26. The zero-order valence-electron chi connectivity index (χ0n) is 13.1. The number of aromatic nitrogens is 2. The number of H-pyrrole nitrogens is 1. The van der Waals surface area contributed by atoms with Gasteiger partial charge in [-0.3, -0.25) is 0 Å². The molecule has 1 aromatic carbocycles. The molecule has 0 aliphatic rings. The Morgan fingerprint density at radius 3 is 2.20 bits per heavy atom. The minimum Gasteiger partial charge on any atom is -0.340 e. The van der Waals surface area contributed by atoms with Gasteiger partial charge in [0.05, 0.1) is 17.4 Å². The molecule has 3 N–H and O–H groups in total. The van der Waals surface area contributed by atoms with Crippen LogP contribution >= 0.6 is 0 Å². The van der Waals surface area contributed by atoms with Crippen molar-refractivity contribution in [1.29, 1.82) is 0 Å². The number of nitrogens with one attached hydrogen (secondary N) is 1. The number of hydrogen-bond acceptors (Lipinski definition) is 2. The number of nitrogens with zero attached hydrogens (tertiary/aromatic N) is 1. The van der Waals surface area contributed by atoms with Crippen molar-refractivity contribution in [3.8, 4) is 11.3 Å². The third-order valence-corrected chi connectivity index (χ3v) is 3.91. The molecule has 0 spiro atoms. The van der Waals surface area contributed by atoms with Gasteiger partial charge in [-0.05, 0) is 29.9 Å². The molecule has 0 aliphatic carbocycles. The van der Waals surface area contributed by atoms with E-state index < -0.39 is 5.54 Å². The fraction of sp³-hybridized carbons (Fsp3) is 0.471. The highest BCUT2D eigenvalue weighted by molar-refractivity contribution is 5.59. The van der Waals surface area contributed by atoms with Gasteiger partial charge >= 0.3 is 0 Å². The molecule has 3 heteroatoms. The first kappa shape index (κ1) is 14.8. The van der Waals surface area contributed by atoms with Gasteiger partial charge in [-0.25, -0.2) is 4.98 Å². The SMILES string of the molecule is CCC(C)(N)c1ncc(-c2ccc(C(C)(C)C)cc2)[nH]1. The number of benzene rings is 1. The first-order valence-corrected chi connectivity index (χ1v) is 7.19. The molecule has 0 aliphatic heterocycles. The van der Waals surface area contributed by atoms with Crippen molar-refractivity contribution in [3.05, 3.63) is 41.9 Å². The molecule has 0 bridgehead atoms. The summed E-state index contributed by atoms with van der Waals surface area (Å²) in [5.41, 5.74) is 9.49. The molecule has 108 valence electrons. The van der Waals surface area contributed by atoms with E-state index in [-0.39, 0.29) is 5.41 Å². The van der Waals surface area contributed by atoms with Gasteiger partial charge in [0.25, 0.3) is 0 Å². The fourth-order valence-electron chi connectivity index (χ4n) is 2.08. The van der Waals surface area contributed by atoms with Gasteiger partial charge in [0.1, 0.15) is 5.82 Å². The molecule has 20 heavy (non-hydrogen) atoms. The summed E-state index contributed by atoms with van der Waals surface area (Å²) in [6.07, 6.45) is 2.71. The molecule has 0 amide bonds. The van der Waals surface area contributed by atoms with E-state index in [1.165, 1.54) is 5.56 Å². The normalized spacial score (nSPS) is 15.1. The molecule has 0 saturated carbocycles. The zero-order chi connectivity index (χ0) is 15.0. The van der Waals surface area contributed by atoms with Crippen molar-refractivity contribution in [2.24, 2.45) is 5.73 Å². The Balaban J connectivity index is 2.29. The number of nitrogens with two attached hydrogens (primary N) is 1. The summed E-state index contributed by atoms with van der Waals surface area (Å²) in [5, 5.41) is 0. The molecule has 3 nitrogen and oxygen atoms in total. The minimum absolute atomic E-state index is 0.176. The summed E-state index contributed by atoms with van der Waals surface area (Å²) in [7, 11) is 0. The third kappa shape index (κ3) is 2.93. The van der Waals surface area contributed by atoms with E-state index in [9.17, 15) is 0 Å². The van der Waals surface area contributed by atoms with Crippen molar-refractivity contribution < 1.29 is 0 Å². The first-order chi connectivity index (χ1) is 9.24. The predicted octanol–water partition coefficient (Wildman–Crippen LogP) is 3.96. The molecule has 2 rings (SSSR count). The Bertz CT molecular complexity index is 571. The van der Waals surface area contributed by atoms with E-state index in [4.69, 9.17) is 5.73 Å².